The summed E-state index contributed by atoms with van der Waals surface area (Å²) in [6.07, 6.45) is 2.01. The highest BCUT2D eigenvalue weighted by Crippen LogP contribution is 2.35. The van der Waals surface area contributed by atoms with Crippen LogP contribution in [0.3, 0.4) is 0 Å². The Morgan fingerprint density at radius 2 is 2.06 bits per heavy atom. The minimum atomic E-state index is -0.327. The van der Waals surface area contributed by atoms with Crippen LogP contribution in [0.25, 0.3) is 5.69 Å². The molecule has 0 N–H and O–H groups in total. The number of amides is 1. The van der Waals surface area contributed by atoms with E-state index in [0.29, 0.717) is 43.1 Å². The monoisotopic (exact) mass is 473 g/mol. The van der Waals surface area contributed by atoms with Crippen LogP contribution in [0.15, 0.2) is 46.9 Å². The van der Waals surface area contributed by atoms with Crippen LogP contribution in [0.5, 0.6) is 0 Å². The number of carbonyl (C=O) groups is 1. The molecule has 0 aliphatic carbocycles. The summed E-state index contributed by atoms with van der Waals surface area (Å²) in [5.74, 6) is 0.671. The highest BCUT2D eigenvalue weighted by Gasteiger charge is 2.31. The van der Waals surface area contributed by atoms with E-state index in [2.05, 4.69) is 26.5 Å². The second kappa shape index (κ2) is 9.60. The van der Waals surface area contributed by atoms with Crippen LogP contribution < -0.4 is 4.90 Å². The lowest BCUT2D eigenvalue weighted by atomic mass is 10.2. The van der Waals surface area contributed by atoms with Crippen molar-refractivity contribution in [1.29, 1.82) is 0 Å². The van der Waals surface area contributed by atoms with Crippen LogP contribution >= 0.6 is 23.1 Å². The first-order valence-electron chi connectivity index (χ1n) is 10.7. The Morgan fingerprint density at radius 1 is 1.19 bits per heavy atom. The van der Waals surface area contributed by atoms with Gasteiger partial charge in [-0.05, 0) is 42.5 Å². The molecule has 2 saturated heterocycles. The number of anilines is 1. The Labute approximate surface area is 194 Å². The summed E-state index contributed by atoms with van der Waals surface area (Å²) in [7, 11) is 0. The molecule has 1 atom stereocenters. The summed E-state index contributed by atoms with van der Waals surface area (Å²) < 4.78 is 21.3. The number of rotatable bonds is 6. The molecule has 5 rings (SSSR count). The van der Waals surface area contributed by atoms with Crippen LogP contribution in [0.4, 0.5) is 10.3 Å². The molecule has 1 aromatic carbocycles. The van der Waals surface area contributed by atoms with Gasteiger partial charge in [-0.1, -0.05) is 23.9 Å². The van der Waals surface area contributed by atoms with Crippen LogP contribution in [-0.2, 0) is 9.53 Å². The number of ether oxygens (including phenoxy) is 1. The van der Waals surface area contributed by atoms with Crippen molar-refractivity contribution in [2.45, 2.75) is 24.0 Å². The molecule has 10 heteroatoms. The number of thioether (sulfide) groups is 1. The number of thiophene rings is 1. The zero-order valence-electron chi connectivity index (χ0n) is 17.5. The van der Waals surface area contributed by atoms with Gasteiger partial charge in [-0.3, -0.25) is 9.36 Å². The maximum absolute atomic E-state index is 14.0. The standard InChI is InChI=1S/C22H24FN5O2S2/c23-16-4-1-5-17(14-16)28-21(26-9-11-30-12-10-26)24-25-22(28)32-15-20(29)27-8-2-6-18(27)19-7-3-13-31-19/h1,3-5,7,13-14,18H,2,6,8-12,15H2. The van der Waals surface area contributed by atoms with E-state index in [1.807, 2.05) is 21.6 Å². The van der Waals surface area contributed by atoms with Gasteiger partial charge in [-0.25, -0.2) is 4.39 Å². The molecule has 32 heavy (non-hydrogen) atoms. The van der Waals surface area contributed by atoms with E-state index in [1.165, 1.54) is 28.8 Å². The predicted octanol–water partition coefficient (Wildman–Crippen LogP) is 3.76. The first kappa shape index (κ1) is 21.4. The van der Waals surface area contributed by atoms with E-state index in [-0.39, 0.29) is 23.5 Å². The smallest absolute Gasteiger partial charge is 0.233 e. The molecule has 7 nitrogen and oxygen atoms in total. The molecule has 2 aliphatic heterocycles. The number of hydrogen-bond donors (Lipinski definition) is 0. The summed E-state index contributed by atoms with van der Waals surface area (Å²) in [6, 6.07) is 10.7. The first-order valence-corrected chi connectivity index (χ1v) is 12.6. The highest BCUT2D eigenvalue weighted by atomic mass is 32.2. The zero-order chi connectivity index (χ0) is 21.9. The molecule has 0 bridgehead atoms. The van der Waals surface area contributed by atoms with Gasteiger partial charge in [0.15, 0.2) is 5.16 Å². The van der Waals surface area contributed by atoms with Crippen molar-refractivity contribution in [2.24, 2.45) is 0 Å². The topological polar surface area (TPSA) is 63.5 Å². The van der Waals surface area contributed by atoms with Crippen LogP contribution in [0.1, 0.15) is 23.8 Å². The first-order chi connectivity index (χ1) is 15.7. The fourth-order valence-corrected chi connectivity index (χ4v) is 5.92. The van der Waals surface area contributed by atoms with Crippen molar-refractivity contribution in [3.05, 3.63) is 52.5 Å². The second-order valence-corrected chi connectivity index (χ2v) is 9.67. The van der Waals surface area contributed by atoms with Crippen molar-refractivity contribution < 1.29 is 13.9 Å². The number of morpholine rings is 1. The van der Waals surface area contributed by atoms with E-state index in [4.69, 9.17) is 4.74 Å². The molecule has 2 fully saturated rings. The Kier molecular flexibility index (Phi) is 6.42. The minimum Gasteiger partial charge on any atom is -0.378 e. The summed E-state index contributed by atoms with van der Waals surface area (Å²) in [4.78, 5) is 18.4. The Bertz CT molecular complexity index is 1070. The summed E-state index contributed by atoms with van der Waals surface area (Å²) in [6.45, 7) is 3.37. The number of hydrogen-bond acceptors (Lipinski definition) is 7. The fourth-order valence-electron chi connectivity index (χ4n) is 4.22. The van der Waals surface area contributed by atoms with Crippen molar-refractivity contribution in [2.75, 3.05) is 43.5 Å². The minimum absolute atomic E-state index is 0.0904. The molecule has 168 valence electrons. The van der Waals surface area contributed by atoms with Gasteiger partial charge in [-0.2, -0.15) is 0 Å². The van der Waals surface area contributed by atoms with E-state index in [1.54, 1.807) is 17.4 Å². The lowest BCUT2D eigenvalue weighted by Crippen LogP contribution is -2.38. The summed E-state index contributed by atoms with van der Waals surface area (Å²) in [5.41, 5.74) is 0.643. The number of aromatic nitrogens is 3. The number of nitrogens with zero attached hydrogens (tertiary/aromatic N) is 5. The van der Waals surface area contributed by atoms with Gasteiger partial charge in [-0.15, -0.1) is 21.5 Å². The molecule has 1 unspecified atom stereocenters. The molecule has 1 amide bonds. The van der Waals surface area contributed by atoms with Crippen LogP contribution in [0.2, 0.25) is 0 Å². The maximum Gasteiger partial charge on any atom is 0.233 e. The maximum atomic E-state index is 14.0. The molecular weight excluding hydrogens is 449 g/mol. The average molecular weight is 474 g/mol. The largest absolute Gasteiger partial charge is 0.378 e. The van der Waals surface area contributed by atoms with E-state index < -0.39 is 0 Å². The van der Waals surface area contributed by atoms with Crippen LogP contribution in [-0.4, -0.2) is 64.2 Å². The molecule has 0 saturated carbocycles. The summed E-state index contributed by atoms with van der Waals surface area (Å²) in [5, 5.41) is 11.4. The lowest BCUT2D eigenvalue weighted by Gasteiger charge is -2.28. The van der Waals surface area contributed by atoms with E-state index in [9.17, 15) is 9.18 Å². The van der Waals surface area contributed by atoms with Crippen molar-refractivity contribution in [1.82, 2.24) is 19.7 Å². The van der Waals surface area contributed by atoms with Gasteiger partial charge in [0.1, 0.15) is 5.82 Å². The zero-order valence-corrected chi connectivity index (χ0v) is 19.2. The molecular formula is C22H24FN5O2S2. The molecule has 2 aliphatic rings. The number of benzene rings is 1. The van der Waals surface area contributed by atoms with Gasteiger partial charge < -0.3 is 14.5 Å². The third-order valence-corrected chi connectivity index (χ3v) is 7.63. The number of likely N-dealkylation sites (tertiary alicyclic amines) is 1. The second-order valence-electron chi connectivity index (χ2n) is 7.75. The summed E-state index contributed by atoms with van der Waals surface area (Å²) >= 11 is 3.05. The Hall–Kier alpha value is -2.43. The quantitative estimate of drug-likeness (QED) is 0.508. The van der Waals surface area contributed by atoms with Gasteiger partial charge >= 0.3 is 0 Å². The van der Waals surface area contributed by atoms with Gasteiger partial charge in [0.05, 0.1) is 30.7 Å². The van der Waals surface area contributed by atoms with Gasteiger partial charge in [0.2, 0.25) is 11.9 Å². The van der Waals surface area contributed by atoms with Gasteiger partial charge in [0, 0.05) is 24.5 Å². The Balaban J connectivity index is 1.37. The van der Waals surface area contributed by atoms with Crippen LogP contribution in [0, 0.1) is 5.82 Å². The fraction of sp³-hybridized carbons (Fsp3) is 0.409. The SMILES string of the molecule is O=C(CSc1nnc(N2CCOCC2)n1-c1cccc(F)c1)N1CCCC1c1cccs1. The predicted molar refractivity (Wildman–Crippen MR) is 123 cm³/mol. The Morgan fingerprint density at radius 3 is 2.84 bits per heavy atom. The molecule has 3 aromatic rings. The van der Waals surface area contributed by atoms with Gasteiger partial charge in [0.25, 0.3) is 0 Å². The molecule has 4 heterocycles. The average Bonchev–Trinajstić information content (AvgIpc) is 3.58. The molecule has 0 spiro atoms. The number of carbonyl (C=O) groups excluding carboxylic acids is 1. The normalized spacial score (nSPS) is 19.0. The molecule has 0 radical (unpaired) electrons. The van der Waals surface area contributed by atoms with Crippen molar-refractivity contribution in [3.8, 4) is 5.69 Å². The number of halogens is 1. The molecule has 2 aromatic heterocycles. The highest BCUT2D eigenvalue weighted by molar-refractivity contribution is 7.99. The van der Waals surface area contributed by atoms with Crippen molar-refractivity contribution in [3.63, 3.8) is 0 Å². The lowest BCUT2D eigenvalue weighted by molar-refractivity contribution is -0.129. The third-order valence-electron chi connectivity index (χ3n) is 5.75. The van der Waals surface area contributed by atoms with E-state index in [0.717, 1.165) is 19.4 Å². The van der Waals surface area contributed by atoms with Crippen molar-refractivity contribution >= 4 is 35.0 Å². The third kappa shape index (κ3) is 4.39. The van der Waals surface area contributed by atoms with E-state index >= 15 is 0 Å².